The van der Waals surface area contributed by atoms with Gasteiger partial charge in [-0.3, -0.25) is 10.1 Å². The summed E-state index contributed by atoms with van der Waals surface area (Å²) in [5.41, 5.74) is 6.88. The molecule has 3 N–H and O–H groups in total. The SMILES string of the molecule is Nc1nc(SCCNOC(=O)C(F)(F)F)ccc1[N+](=O)[O-]. The number of pyridine rings is 1. The number of nitrogen functional groups attached to an aromatic ring is 1. The normalized spacial score (nSPS) is 11.2. The van der Waals surface area contributed by atoms with Crippen molar-refractivity contribution in [3.05, 3.63) is 22.2 Å². The standard InChI is InChI=1S/C9H9F3N4O4S/c10-9(11,12)8(17)20-14-3-4-21-6-2-1-5(16(18)19)7(13)15-6/h1-2,14H,3-4H2,(H2,13,15). The highest BCUT2D eigenvalue weighted by molar-refractivity contribution is 7.99. The van der Waals surface area contributed by atoms with E-state index in [0.29, 0.717) is 5.03 Å². The number of halogens is 3. The number of anilines is 1. The van der Waals surface area contributed by atoms with Crippen LogP contribution in [0, 0.1) is 10.1 Å². The van der Waals surface area contributed by atoms with Gasteiger partial charge >= 0.3 is 17.8 Å². The Morgan fingerprint density at radius 2 is 2.19 bits per heavy atom. The number of nitrogens with two attached hydrogens (primary N) is 1. The van der Waals surface area contributed by atoms with Crippen LogP contribution in [0.5, 0.6) is 0 Å². The summed E-state index contributed by atoms with van der Waals surface area (Å²) >= 11 is 1.07. The number of nitro groups is 1. The quantitative estimate of drug-likeness (QED) is 0.347. The Hall–Kier alpha value is -2.08. The van der Waals surface area contributed by atoms with Crippen LogP contribution < -0.4 is 11.2 Å². The zero-order valence-corrected chi connectivity index (χ0v) is 11.0. The molecule has 21 heavy (non-hydrogen) atoms. The molecule has 0 unspecified atom stereocenters. The van der Waals surface area contributed by atoms with Gasteiger partial charge in [0.05, 0.1) is 9.95 Å². The summed E-state index contributed by atoms with van der Waals surface area (Å²) < 4.78 is 35.3. The number of thioether (sulfide) groups is 1. The highest BCUT2D eigenvalue weighted by Gasteiger charge is 2.41. The van der Waals surface area contributed by atoms with Crippen molar-refractivity contribution in [3.8, 4) is 0 Å². The summed E-state index contributed by atoms with van der Waals surface area (Å²) in [6, 6.07) is 2.52. The molecule has 0 fully saturated rings. The van der Waals surface area contributed by atoms with Gasteiger partial charge < -0.3 is 10.6 Å². The van der Waals surface area contributed by atoms with E-state index in [4.69, 9.17) is 5.73 Å². The molecule has 1 aromatic rings. The molecular weight excluding hydrogens is 317 g/mol. The molecule has 0 radical (unpaired) electrons. The molecule has 8 nitrogen and oxygen atoms in total. The lowest BCUT2D eigenvalue weighted by atomic mass is 10.4. The van der Waals surface area contributed by atoms with Gasteiger partial charge in [0.15, 0.2) is 0 Å². The highest BCUT2D eigenvalue weighted by atomic mass is 32.2. The summed E-state index contributed by atoms with van der Waals surface area (Å²) in [7, 11) is 0. The summed E-state index contributed by atoms with van der Waals surface area (Å²) in [5.74, 6) is -2.40. The van der Waals surface area contributed by atoms with Gasteiger partial charge in [-0.05, 0) is 6.07 Å². The minimum atomic E-state index is -5.06. The number of nitrogens with one attached hydrogen (secondary N) is 1. The topological polar surface area (TPSA) is 120 Å². The van der Waals surface area contributed by atoms with Crippen LogP contribution in [-0.2, 0) is 9.63 Å². The minimum Gasteiger partial charge on any atom is -0.378 e. The van der Waals surface area contributed by atoms with Gasteiger partial charge in [0, 0.05) is 18.4 Å². The number of carbonyl (C=O) groups is 1. The first-order valence-corrected chi connectivity index (χ1v) is 6.25. The summed E-state index contributed by atoms with van der Waals surface area (Å²) in [6.45, 7) is -0.0783. The molecule has 0 saturated heterocycles. The maximum absolute atomic E-state index is 11.8. The Morgan fingerprint density at radius 3 is 2.71 bits per heavy atom. The number of hydroxylamine groups is 1. The van der Waals surface area contributed by atoms with E-state index in [0.717, 1.165) is 11.8 Å². The van der Waals surface area contributed by atoms with Crippen molar-refractivity contribution in [1.82, 2.24) is 10.5 Å². The van der Waals surface area contributed by atoms with E-state index in [2.05, 4.69) is 9.82 Å². The molecule has 116 valence electrons. The van der Waals surface area contributed by atoms with Crippen LogP contribution >= 0.6 is 11.8 Å². The number of carbonyl (C=O) groups excluding carboxylic acids is 1. The van der Waals surface area contributed by atoms with Crippen LogP contribution in [0.25, 0.3) is 0 Å². The van der Waals surface area contributed by atoms with Crippen LogP contribution in [0.15, 0.2) is 17.2 Å². The molecule has 1 rings (SSSR count). The van der Waals surface area contributed by atoms with E-state index in [1.165, 1.54) is 12.1 Å². The van der Waals surface area contributed by atoms with Gasteiger partial charge in [-0.25, -0.2) is 9.78 Å². The minimum absolute atomic E-state index is 0.0783. The second-order valence-electron chi connectivity index (χ2n) is 3.44. The molecule has 1 heterocycles. The Balaban J connectivity index is 2.35. The number of alkyl halides is 3. The predicted octanol–water partition coefficient (Wildman–Crippen LogP) is 1.27. The molecule has 0 aliphatic rings. The van der Waals surface area contributed by atoms with Crippen LogP contribution in [0.4, 0.5) is 24.7 Å². The maximum atomic E-state index is 11.8. The Bertz CT molecular complexity index is 540. The molecular formula is C9H9F3N4O4S. The molecule has 0 amide bonds. The van der Waals surface area contributed by atoms with Crippen molar-refractivity contribution in [3.63, 3.8) is 0 Å². The first-order valence-electron chi connectivity index (χ1n) is 5.26. The average Bonchev–Trinajstić information content (AvgIpc) is 2.36. The van der Waals surface area contributed by atoms with Gasteiger partial charge in [-0.15, -0.1) is 11.8 Å². The number of hydrogen-bond donors (Lipinski definition) is 2. The third-order valence-electron chi connectivity index (χ3n) is 1.92. The fraction of sp³-hybridized carbons (Fsp3) is 0.333. The smallest absolute Gasteiger partial charge is 0.378 e. The van der Waals surface area contributed by atoms with E-state index < -0.39 is 17.1 Å². The maximum Gasteiger partial charge on any atom is 0.492 e. The molecule has 0 aromatic carbocycles. The van der Waals surface area contributed by atoms with Gasteiger partial charge in [-0.1, -0.05) is 0 Å². The fourth-order valence-corrected chi connectivity index (χ4v) is 1.78. The zero-order chi connectivity index (χ0) is 16.0. The Labute approximate surface area is 120 Å². The second-order valence-corrected chi connectivity index (χ2v) is 4.56. The Morgan fingerprint density at radius 1 is 1.52 bits per heavy atom. The van der Waals surface area contributed by atoms with E-state index in [1.54, 1.807) is 0 Å². The van der Waals surface area contributed by atoms with Crippen LogP contribution in [0.1, 0.15) is 0 Å². The molecule has 0 spiro atoms. The van der Waals surface area contributed by atoms with E-state index in [-0.39, 0.29) is 23.8 Å². The second kappa shape index (κ2) is 7.08. The first-order chi connectivity index (χ1) is 9.71. The van der Waals surface area contributed by atoms with Crippen molar-refractivity contribution in [1.29, 1.82) is 0 Å². The van der Waals surface area contributed by atoms with Crippen molar-refractivity contribution < 1.29 is 27.7 Å². The van der Waals surface area contributed by atoms with Crippen LogP contribution in [-0.4, -0.2) is 34.4 Å². The molecule has 0 saturated carbocycles. The van der Waals surface area contributed by atoms with E-state index >= 15 is 0 Å². The number of aromatic nitrogens is 1. The number of hydrogen-bond acceptors (Lipinski definition) is 8. The highest BCUT2D eigenvalue weighted by Crippen LogP contribution is 2.23. The lowest BCUT2D eigenvalue weighted by Gasteiger charge is -2.07. The molecule has 0 bridgehead atoms. The van der Waals surface area contributed by atoms with Gasteiger partial charge in [-0.2, -0.15) is 18.7 Å². The molecule has 0 atom stereocenters. The average molecular weight is 326 g/mol. The molecule has 0 aliphatic heterocycles. The van der Waals surface area contributed by atoms with Crippen molar-refractivity contribution in [2.75, 3.05) is 18.0 Å². The molecule has 0 aliphatic carbocycles. The van der Waals surface area contributed by atoms with Gasteiger partial charge in [0.1, 0.15) is 0 Å². The van der Waals surface area contributed by atoms with Crippen LogP contribution in [0.3, 0.4) is 0 Å². The van der Waals surface area contributed by atoms with E-state index in [1.807, 2.05) is 5.48 Å². The number of rotatable bonds is 6. The van der Waals surface area contributed by atoms with Crippen LogP contribution in [0.2, 0.25) is 0 Å². The number of nitrogens with zero attached hydrogens (tertiary/aromatic N) is 2. The lowest BCUT2D eigenvalue weighted by molar-refractivity contribution is -0.384. The largest absolute Gasteiger partial charge is 0.492 e. The van der Waals surface area contributed by atoms with Crippen molar-refractivity contribution in [2.24, 2.45) is 0 Å². The summed E-state index contributed by atoms with van der Waals surface area (Å²) in [6.07, 6.45) is -5.06. The summed E-state index contributed by atoms with van der Waals surface area (Å²) in [5, 5.41) is 10.9. The lowest BCUT2D eigenvalue weighted by Crippen LogP contribution is -2.32. The summed E-state index contributed by atoms with van der Waals surface area (Å²) in [4.78, 5) is 27.7. The van der Waals surface area contributed by atoms with Gasteiger partial charge in [0.2, 0.25) is 5.82 Å². The van der Waals surface area contributed by atoms with Gasteiger partial charge in [0.25, 0.3) is 0 Å². The zero-order valence-electron chi connectivity index (χ0n) is 10.2. The van der Waals surface area contributed by atoms with E-state index in [9.17, 15) is 28.1 Å². The van der Waals surface area contributed by atoms with Crippen molar-refractivity contribution >= 4 is 29.2 Å². The predicted molar refractivity (Wildman–Crippen MR) is 66.2 cm³/mol. The van der Waals surface area contributed by atoms with Crippen molar-refractivity contribution in [2.45, 2.75) is 11.2 Å². The third-order valence-corrected chi connectivity index (χ3v) is 2.86. The molecule has 1 aromatic heterocycles. The monoisotopic (exact) mass is 326 g/mol. The Kier molecular flexibility index (Phi) is 5.72. The fourth-order valence-electron chi connectivity index (χ4n) is 1.06. The first kappa shape index (κ1) is 17.0. The third kappa shape index (κ3) is 5.43. The molecule has 12 heteroatoms.